The Morgan fingerprint density at radius 3 is 2.86 bits per heavy atom. The lowest BCUT2D eigenvalue weighted by Crippen LogP contribution is -2.52. The van der Waals surface area contributed by atoms with Crippen LogP contribution in [0, 0.1) is 0 Å². The number of nitrogen functional groups attached to an aromatic ring is 1. The van der Waals surface area contributed by atoms with Crippen LogP contribution in [0.5, 0.6) is 0 Å². The highest BCUT2D eigenvalue weighted by Crippen LogP contribution is 2.29. The first-order valence-electron chi connectivity index (χ1n) is 9.18. The van der Waals surface area contributed by atoms with Gasteiger partial charge in [-0.05, 0) is 35.2 Å². The first-order chi connectivity index (χ1) is 13.5. The standard InChI is InChI=1S/C20H21N5O3/c21-14-6-12(8-23-10-14)7-22-9-13-2-1-3-15-16(13)11-25(20(15)28)17-4-5-18(26)24-19(17)27/h1-3,6,8,10,17,22H,4-5,7,9,11,21H2,(H,24,26,27). The molecule has 2 aliphatic rings. The molecule has 3 amide bonds. The molecule has 0 saturated carbocycles. The third kappa shape index (κ3) is 3.46. The number of aromatic nitrogens is 1. The lowest BCUT2D eigenvalue weighted by Gasteiger charge is -2.29. The zero-order valence-electron chi connectivity index (χ0n) is 15.3. The number of piperidine rings is 1. The summed E-state index contributed by atoms with van der Waals surface area (Å²) in [5.41, 5.74) is 9.90. The summed E-state index contributed by atoms with van der Waals surface area (Å²) in [6.07, 6.45) is 3.97. The number of benzene rings is 1. The number of nitrogens with zero attached hydrogens (tertiary/aromatic N) is 2. The normalized spacial score (nSPS) is 18.9. The minimum atomic E-state index is -0.600. The predicted molar refractivity (Wildman–Crippen MR) is 102 cm³/mol. The van der Waals surface area contributed by atoms with Gasteiger partial charge in [-0.3, -0.25) is 24.7 Å². The van der Waals surface area contributed by atoms with E-state index in [9.17, 15) is 14.4 Å². The van der Waals surface area contributed by atoms with Gasteiger partial charge in [0.25, 0.3) is 5.91 Å². The lowest BCUT2D eigenvalue weighted by molar-refractivity contribution is -0.136. The van der Waals surface area contributed by atoms with Crippen LogP contribution in [0.15, 0.2) is 36.7 Å². The van der Waals surface area contributed by atoms with Crippen LogP contribution in [0.2, 0.25) is 0 Å². The zero-order valence-corrected chi connectivity index (χ0v) is 15.3. The Morgan fingerprint density at radius 1 is 1.21 bits per heavy atom. The van der Waals surface area contributed by atoms with E-state index >= 15 is 0 Å². The number of hydrogen-bond acceptors (Lipinski definition) is 6. The number of rotatable bonds is 5. The molecule has 1 aromatic carbocycles. The number of imide groups is 1. The molecule has 0 spiro atoms. The first-order valence-corrected chi connectivity index (χ1v) is 9.18. The molecule has 4 rings (SSSR count). The van der Waals surface area contributed by atoms with Crippen molar-refractivity contribution in [3.63, 3.8) is 0 Å². The van der Waals surface area contributed by atoms with Crippen molar-refractivity contribution in [3.8, 4) is 0 Å². The largest absolute Gasteiger partial charge is 0.397 e. The van der Waals surface area contributed by atoms with E-state index in [1.165, 1.54) is 0 Å². The van der Waals surface area contributed by atoms with Crippen molar-refractivity contribution in [2.24, 2.45) is 0 Å². The van der Waals surface area contributed by atoms with Gasteiger partial charge >= 0.3 is 0 Å². The summed E-state index contributed by atoms with van der Waals surface area (Å²) in [7, 11) is 0. The van der Waals surface area contributed by atoms with Gasteiger partial charge in [-0.15, -0.1) is 0 Å². The number of carbonyl (C=O) groups excluding carboxylic acids is 3. The topological polar surface area (TPSA) is 117 Å². The van der Waals surface area contributed by atoms with Crippen molar-refractivity contribution in [2.75, 3.05) is 5.73 Å². The van der Waals surface area contributed by atoms with E-state index in [4.69, 9.17) is 5.73 Å². The summed E-state index contributed by atoms with van der Waals surface area (Å²) in [4.78, 5) is 42.0. The highest BCUT2D eigenvalue weighted by Gasteiger charge is 2.39. The van der Waals surface area contributed by atoms with E-state index in [1.807, 2.05) is 18.2 Å². The van der Waals surface area contributed by atoms with Crippen LogP contribution >= 0.6 is 0 Å². The summed E-state index contributed by atoms with van der Waals surface area (Å²) < 4.78 is 0. The van der Waals surface area contributed by atoms with Gasteiger partial charge < -0.3 is 16.0 Å². The van der Waals surface area contributed by atoms with E-state index in [2.05, 4.69) is 15.6 Å². The summed E-state index contributed by atoms with van der Waals surface area (Å²) >= 11 is 0. The Kier molecular flexibility index (Phi) is 4.79. The fraction of sp³-hybridized carbons (Fsp3) is 0.300. The first kappa shape index (κ1) is 18.1. The van der Waals surface area contributed by atoms with Crippen molar-refractivity contribution in [1.29, 1.82) is 0 Å². The summed E-state index contributed by atoms with van der Waals surface area (Å²) in [6.45, 7) is 1.55. The van der Waals surface area contributed by atoms with Crippen LogP contribution in [0.25, 0.3) is 0 Å². The fourth-order valence-corrected chi connectivity index (χ4v) is 3.76. The molecule has 28 heavy (non-hydrogen) atoms. The Labute approximate surface area is 162 Å². The van der Waals surface area contributed by atoms with Crippen LogP contribution in [-0.2, 0) is 29.2 Å². The molecule has 8 heteroatoms. The molecule has 3 heterocycles. The van der Waals surface area contributed by atoms with Gasteiger partial charge in [0, 0.05) is 44.0 Å². The van der Waals surface area contributed by atoms with Gasteiger partial charge in [0.2, 0.25) is 11.8 Å². The highest BCUT2D eigenvalue weighted by molar-refractivity contribution is 6.05. The van der Waals surface area contributed by atoms with Crippen molar-refractivity contribution >= 4 is 23.4 Å². The third-order valence-corrected chi connectivity index (χ3v) is 5.14. The van der Waals surface area contributed by atoms with Gasteiger partial charge in [0.05, 0.1) is 5.69 Å². The molecule has 1 unspecified atom stereocenters. The van der Waals surface area contributed by atoms with Crippen LogP contribution < -0.4 is 16.4 Å². The van der Waals surface area contributed by atoms with Crippen molar-refractivity contribution < 1.29 is 14.4 Å². The minimum Gasteiger partial charge on any atom is -0.397 e. The Morgan fingerprint density at radius 2 is 2.07 bits per heavy atom. The summed E-state index contributed by atoms with van der Waals surface area (Å²) in [6, 6.07) is 6.88. The molecule has 0 aliphatic carbocycles. The Hall–Kier alpha value is -3.26. The molecule has 0 bridgehead atoms. The molecule has 144 valence electrons. The molecular formula is C20H21N5O3. The van der Waals surface area contributed by atoms with E-state index in [0.29, 0.717) is 37.3 Å². The number of amides is 3. The smallest absolute Gasteiger partial charge is 0.255 e. The molecule has 2 aliphatic heterocycles. The van der Waals surface area contributed by atoms with Gasteiger partial charge in [-0.1, -0.05) is 12.1 Å². The highest BCUT2D eigenvalue weighted by atomic mass is 16.2. The molecule has 8 nitrogen and oxygen atoms in total. The average molecular weight is 379 g/mol. The number of pyridine rings is 1. The molecule has 4 N–H and O–H groups in total. The number of carbonyl (C=O) groups is 3. The minimum absolute atomic E-state index is 0.161. The number of nitrogens with two attached hydrogens (primary N) is 1. The molecule has 1 saturated heterocycles. The number of nitrogens with one attached hydrogen (secondary N) is 2. The van der Waals surface area contributed by atoms with Crippen LogP contribution in [0.3, 0.4) is 0 Å². The summed E-state index contributed by atoms with van der Waals surface area (Å²) in [5, 5.41) is 5.67. The third-order valence-electron chi connectivity index (χ3n) is 5.14. The SMILES string of the molecule is Nc1cncc(CNCc2cccc3c2CN(C2CCC(=O)NC2=O)C3=O)c1. The van der Waals surface area contributed by atoms with Crippen LogP contribution in [0.4, 0.5) is 5.69 Å². The maximum atomic E-state index is 12.8. The molecule has 1 aromatic heterocycles. The van der Waals surface area contributed by atoms with E-state index < -0.39 is 11.9 Å². The second-order valence-electron chi connectivity index (χ2n) is 7.07. The zero-order chi connectivity index (χ0) is 19.7. The second-order valence-corrected chi connectivity index (χ2v) is 7.07. The van der Waals surface area contributed by atoms with Crippen LogP contribution in [0.1, 0.15) is 39.9 Å². The van der Waals surface area contributed by atoms with Gasteiger partial charge in [-0.2, -0.15) is 0 Å². The number of anilines is 1. The molecule has 1 fully saturated rings. The predicted octanol–water partition coefficient (Wildman–Crippen LogP) is 0.715. The van der Waals surface area contributed by atoms with Crippen LogP contribution in [-0.4, -0.2) is 33.6 Å². The van der Waals surface area contributed by atoms with Gasteiger partial charge in [-0.25, -0.2) is 0 Å². The quantitative estimate of drug-likeness (QED) is 0.659. The maximum absolute atomic E-state index is 12.8. The lowest BCUT2D eigenvalue weighted by atomic mass is 10.0. The van der Waals surface area contributed by atoms with Crippen molar-refractivity contribution in [3.05, 3.63) is 58.9 Å². The van der Waals surface area contributed by atoms with Crippen molar-refractivity contribution in [2.45, 2.75) is 38.5 Å². The monoisotopic (exact) mass is 379 g/mol. The molecule has 1 atom stereocenters. The van der Waals surface area contributed by atoms with E-state index in [-0.39, 0.29) is 18.2 Å². The molecule has 2 aromatic rings. The second kappa shape index (κ2) is 7.40. The Bertz CT molecular complexity index is 959. The van der Waals surface area contributed by atoms with E-state index in [0.717, 1.165) is 16.7 Å². The average Bonchev–Trinajstić information content (AvgIpc) is 2.99. The Balaban J connectivity index is 1.47. The molecular weight excluding hydrogens is 358 g/mol. The number of fused-ring (bicyclic) bond motifs is 1. The molecule has 0 radical (unpaired) electrons. The maximum Gasteiger partial charge on any atom is 0.255 e. The van der Waals surface area contributed by atoms with E-state index in [1.54, 1.807) is 23.4 Å². The fourth-order valence-electron chi connectivity index (χ4n) is 3.76. The van der Waals surface area contributed by atoms with Gasteiger partial charge in [0.1, 0.15) is 6.04 Å². The van der Waals surface area contributed by atoms with Crippen molar-refractivity contribution in [1.82, 2.24) is 20.5 Å². The van der Waals surface area contributed by atoms with Gasteiger partial charge in [0.15, 0.2) is 0 Å². The number of hydrogen-bond donors (Lipinski definition) is 3. The summed E-state index contributed by atoms with van der Waals surface area (Å²) in [5.74, 6) is -0.844.